The summed E-state index contributed by atoms with van der Waals surface area (Å²) in [5.41, 5.74) is 2.10. The van der Waals surface area contributed by atoms with Crippen molar-refractivity contribution in [1.29, 1.82) is 0 Å². The van der Waals surface area contributed by atoms with E-state index in [4.69, 9.17) is 0 Å². The van der Waals surface area contributed by atoms with E-state index in [2.05, 4.69) is 9.80 Å². The summed E-state index contributed by atoms with van der Waals surface area (Å²) in [7, 11) is 0. The van der Waals surface area contributed by atoms with Crippen molar-refractivity contribution < 1.29 is 19.0 Å². The first-order valence-corrected chi connectivity index (χ1v) is 13.5. The summed E-state index contributed by atoms with van der Waals surface area (Å²) in [6.07, 6.45) is 1.50. The topological polar surface area (TPSA) is 46.9 Å². The quantitative estimate of drug-likeness (QED) is 0.263. The number of rotatable bonds is 11. The van der Waals surface area contributed by atoms with E-state index in [1.165, 1.54) is 24.3 Å². The van der Waals surface area contributed by atoms with Crippen molar-refractivity contribution in [1.82, 2.24) is 9.80 Å². The average Bonchev–Trinajstić information content (AvgIpc) is 2.89. The van der Waals surface area contributed by atoms with Gasteiger partial charge in [-0.15, -0.1) is 36.6 Å². The van der Waals surface area contributed by atoms with Crippen LogP contribution in [-0.2, 0) is 0 Å². The minimum atomic E-state index is -0.400. The molecule has 1 saturated heterocycles. The maximum Gasteiger partial charge on any atom is 0.123 e. The zero-order valence-corrected chi connectivity index (χ0v) is 23.7. The van der Waals surface area contributed by atoms with Crippen molar-refractivity contribution in [3.8, 4) is 5.75 Å². The van der Waals surface area contributed by atoms with Crippen LogP contribution in [0.5, 0.6) is 5.75 Å². The third kappa shape index (κ3) is 10.0. The van der Waals surface area contributed by atoms with Crippen LogP contribution >= 0.6 is 36.6 Å². The van der Waals surface area contributed by atoms with Crippen molar-refractivity contribution in [2.24, 2.45) is 0 Å². The number of phenolic OH excluding ortho intramolecular Hbond substituents is 1. The van der Waals surface area contributed by atoms with Crippen LogP contribution in [0.3, 0.4) is 0 Å². The van der Waals surface area contributed by atoms with Gasteiger partial charge in [-0.1, -0.05) is 24.3 Å². The molecule has 0 spiro atoms. The number of piperazine rings is 1. The minimum absolute atomic E-state index is 0. The maximum atomic E-state index is 13.5. The van der Waals surface area contributed by atoms with Crippen molar-refractivity contribution in [3.05, 3.63) is 95.6 Å². The molecular formula is C29H36Cl2F2N2O2S. The van der Waals surface area contributed by atoms with Crippen LogP contribution in [0.1, 0.15) is 29.9 Å². The van der Waals surface area contributed by atoms with Crippen LogP contribution in [0.2, 0.25) is 0 Å². The van der Waals surface area contributed by atoms with Crippen LogP contribution in [0.4, 0.5) is 8.78 Å². The molecule has 1 aliphatic heterocycles. The fourth-order valence-corrected chi connectivity index (χ4v) is 5.53. The Morgan fingerprint density at radius 3 is 1.76 bits per heavy atom. The zero-order valence-electron chi connectivity index (χ0n) is 21.2. The molecule has 1 heterocycles. The normalized spacial score (nSPS) is 15.1. The van der Waals surface area contributed by atoms with Gasteiger partial charge in [-0.05, 0) is 79.0 Å². The molecule has 0 bridgehead atoms. The van der Waals surface area contributed by atoms with Crippen molar-refractivity contribution in [3.63, 3.8) is 0 Å². The Morgan fingerprint density at radius 2 is 1.24 bits per heavy atom. The Hall–Kier alpha value is -1.87. The average molecular weight is 586 g/mol. The molecule has 0 amide bonds. The lowest BCUT2D eigenvalue weighted by Gasteiger charge is -2.35. The van der Waals surface area contributed by atoms with Gasteiger partial charge in [0, 0.05) is 49.3 Å². The highest BCUT2D eigenvalue weighted by Crippen LogP contribution is 2.30. The molecule has 1 atom stereocenters. The van der Waals surface area contributed by atoms with Gasteiger partial charge < -0.3 is 15.1 Å². The van der Waals surface area contributed by atoms with E-state index in [-0.39, 0.29) is 48.1 Å². The molecule has 3 aromatic carbocycles. The first-order chi connectivity index (χ1) is 17.5. The fraction of sp³-hybridized carbons (Fsp3) is 0.379. The molecule has 38 heavy (non-hydrogen) atoms. The first kappa shape index (κ1) is 32.3. The third-order valence-corrected chi connectivity index (χ3v) is 7.88. The van der Waals surface area contributed by atoms with Crippen molar-refractivity contribution in [2.45, 2.75) is 29.8 Å². The van der Waals surface area contributed by atoms with Gasteiger partial charge in [0.1, 0.15) is 17.4 Å². The second-order valence-electron chi connectivity index (χ2n) is 9.40. The summed E-state index contributed by atoms with van der Waals surface area (Å²) < 4.78 is 26.9. The van der Waals surface area contributed by atoms with E-state index >= 15 is 0 Å². The molecule has 0 radical (unpaired) electrons. The number of hydrogen-bond acceptors (Lipinski definition) is 5. The molecule has 0 aromatic heterocycles. The predicted molar refractivity (Wildman–Crippen MR) is 156 cm³/mol. The van der Waals surface area contributed by atoms with Gasteiger partial charge in [0.15, 0.2) is 0 Å². The van der Waals surface area contributed by atoms with E-state index < -0.39 is 6.10 Å². The standard InChI is InChI=1S/C29H34F2N2O2S.2ClH/c30-24-7-3-22(4-8-24)29(23-5-9-25(31)10-6-23)2-1-15-32-16-18-33(19-17-32)20-27(35)21-36-28-13-11-26(34)12-14-28;;/h3-14,27,29,34-35H,1-2,15-21H2;2*1H. The number of β-amino-alcohol motifs (C(OH)–C–C–N with tert-alkyl or cyclic N) is 1. The number of halogens is 4. The molecule has 1 aliphatic rings. The molecular weight excluding hydrogens is 549 g/mol. The third-order valence-electron chi connectivity index (χ3n) is 6.72. The number of aliphatic hydroxyl groups excluding tert-OH is 1. The lowest BCUT2D eigenvalue weighted by Crippen LogP contribution is -2.49. The summed E-state index contributed by atoms with van der Waals surface area (Å²) in [6.45, 7) is 5.44. The summed E-state index contributed by atoms with van der Waals surface area (Å²) >= 11 is 1.60. The highest BCUT2D eigenvalue weighted by molar-refractivity contribution is 7.99. The van der Waals surface area contributed by atoms with E-state index in [1.807, 2.05) is 36.4 Å². The zero-order chi connectivity index (χ0) is 25.3. The Balaban J connectivity index is 0.00000253. The van der Waals surface area contributed by atoms with Gasteiger partial charge >= 0.3 is 0 Å². The van der Waals surface area contributed by atoms with Crippen LogP contribution in [-0.4, -0.2) is 71.1 Å². The summed E-state index contributed by atoms with van der Waals surface area (Å²) in [5.74, 6) is 0.476. The lowest BCUT2D eigenvalue weighted by atomic mass is 9.87. The van der Waals surface area contributed by atoms with E-state index in [0.717, 1.165) is 61.6 Å². The van der Waals surface area contributed by atoms with Gasteiger partial charge in [-0.25, -0.2) is 8.78 Å². The number of benzene rings is 3. The number of thioether (sulfide) groups is 1. The summed E-state index contributed by atoms with van der Waals surface area (Å²) in [4.78, 5) is 5.81. The van der Waals surface area contributed by atoms with Crippen molar-refractivity contribution >= 4 is 36.6 Å². The van der Waals surface area contributed by atoms with Gasteiger partial charge in [0.25, 0.3) is 0 Å². The van der Waals surface area contributed by atoms with Gasteiger partial charge in [0.05, 0.1) is 6.10 Å². The predicted octanol–water partition coefficient (Wildman–Crippen LogP) is 6.20. The van der Waals surface area contributed by atoms with Gasteiger partial charge in [-0.2, -0.15) is 0 Å². The molecule has 4 nitrogen and oxygen atoms in total. The van der Waals surface area contributed by atoms with E-state index in [1.54, 1.807) is 23.9 Å². The number of nitrogens with zero attached hydrogens (tertiary/aromatic N) is 2. The molecule has 0 aliphatic carbocycles. The maximum absolute atomic E-state index is 13.5. The number of aliphatic hydroxyl groups is 1. The van der Waals surface area contributed by atoms with Crippen LogP contribution in [0.15, 0.2) is 77.7 Å². The summed E-state index contributed by atoms with van der Waals surface area (Å²) in [6, 6.07) is 20.3. The Morgan fingerprint density at radius 1 is 0.737 bits per heavy atom. The fourth-order valence-electron chi connectivity index (χ4n) is 4.72. The number of phenols is 1. The Kier molecular flexibility index (Phi) is 13.9. The Labute approximate surface area is 240 Å². The Bertz CT molecular complexity index is 1020. The molecule has 2 N–H and O–H groups in total. The van der Waals surface area contributed by atoms with E-state index in [0.29, 0.717) is 12.3 Å². The minimum Gasteiger partial charge on any atom is -0.508 e. The highest BCUT2D eigenvalue weighted by Gasteiger charge is 2.20. The monoisotopic (exact) mass is 584 g/mol. The highest BCUT2D eigenvalue weighted by atomic mass is 35.5. The second kappa shape index (κ2) is 16.3. The number of hydrogen-bond donors (Lipinski definition) is 2. The van der Waals surface area contributed by atoms with Gasteiger partial charge in [0.2, 0.25) is 0 Å². The summed E-state index contributed by atoms with van der Waals surface area (Å²) in [5, 5.41) is 19.8. The SMILES string of the molecule is Cl.Cl.Oc1ccc(SCC(O)CN2CCN(CCCC(c3ccc(F)cc3)c3ccc(F)cc3)CC2)cc1. The molecule has 1 unspecified atom stereocenters. The molecule has 9 heteroatoms. The number of aromatic hydroxyl groups is 1. The lowest BCUT2D eigenvalue weighted by molar-refractivity contribution is 0.0819. The van der Waals surface area contributed by atoms with Gasteiger partial charge in [-0.3, -0.25) is 4.90 Å². The molecule has 0 saturated carbocycles. The first-order valence-electron chi connectivity index (χ1n) is 12.5. The van der Waals surface area contributed by atoms with Crippen LogP contribution < -0.4 is 0 Å². The molecule has 208 valence electrons. The van der Waals surface area contributed by atoms with E-state index in [9.17, 15) is 19.0 Å². The van der Waals surface area contributed by atoms with Crippen LogP contribution in [0.25, 0.3) is 0 Å². The molecule has 4 rings (SSSR count). The molecule has 1 fully saturated rings. The van der Waals surface area contributed by atoms with Crippen LogP contribution in [0, 0.1) is 11.6 Å². The second-order valence-corrected chi connectivity index (χ2v) is 10.5. The smallest absolute Gasteiger partial charge is 0.123 e. The van der Waals surface area contributed by atoms with Crippen molar-refractivity contribution in [2.75, 3.05) is 45.0 Å². The molecule has 3 aromatic rings. The largest absolute Gasteiger partial charge is 0.508 e.